The second kappa shape index (κ2) is 4.87. The Morgan fingerprint density at radius 2 is 1.28 bits per heavy atom. The molecular weight excluding hydrogens is 264 g/mol. The minimum Gasteiger partial charge on any atom is -0.363 e. The maximum Gasteiger partial charge on any atom is 0.120 e. The summed E-state index contributed by atoms with van der Waals surface area (Å²) in [7, 11) is 0. The highest BCUT2D eigenvalue weighted by molar-refractivity contribution is 8.07. The van der Waals surface area contributed by atoms with Crippen LogP contribution >= 0.6 is 23.5 Å². The van der Waals surface area contributed by atoms with Crippen molar-refractivity contribution in [2.45, 2.75) is 55.8 Å². The molecule has 3 fully saturated rings. The Bertz CT molecular complexity index is 281. The summed E-state index contributed by atoms with van der Waals surface area (Å²) < 4.78 is 12.3. The van der Waals surface area contributed by atoms with Gasteiger partial charge >= 0.3 is 0 Å². The lowest BCUT2D eigenvalue weighted by Crippen LogP contribution is -2.37. The van der Waals surface area contributed by atoms with E-state index in [1.54, 1.807) is 0 Å². The van der Waals surface area contributed by atoms with E-state index in [0.717, 1.165) is 24.7 Å². The summed E-state index contributed by atoms with van der Waals surface area (Å²) in [5.74, 6) is 2.33. The number of thioether (sulfide) groups is 2. The quantitative estimate of drug-likeness (QED) is 0.690. The molecule has 4 heteroatoms. The maximum absolute atomic E-state index is 6.15. The lowest BCUT2D eigenvalue weighted by Gasteiger charge is -2.38. The first kappa shape index (κ1) is 13.6. The number of hydrogen-bond donors (Lipinski definition) is 0. The van der Waals surface area contributed by atoms with Gasteiger partial charge in [0.05, 0.1) is 13.2 Å². The maximum atomic E-state index is 6.15. The Kier molecular flexibility index (Phi) is 3.68. The smallest absolute Gasteiger partial charge is 0.120 e. The Morgan fingerprint density at radius 3 is 1.67 bits per heavy atom. The average molecular weight is 288 g/mol. The minimum atomic E-state index is 0.128. The summed E-state index contributed by atoms with van der Waals surface area (Å²) >= 11 is 3.85. The number of hydrogen-bond acceptors (Lipinski definition) is 4. The summed E-state index contributed by atoms with van der Waals surface area (Å²) in [4.78, 5) is 0.255. The molecule has 0 N–H and O–H groups in total. The molecule has 0 aromatic heterocycles. The average Bonchev–Trinajstić information content (AvgIpc) is 3.28. The fourth-order valence-electron chi connectivity index (χ4n) is 2.61. The third kappa shape index (κ3) is 3.38. The SMILES string of the molecule is CC1(OCC2(COC3(C)CS3)CCCCC2)CS1. The van der Waals surface area contributed by atoms with Gasteiger partial charge in [0.15, 0.2) is 0 Å². The third-order valence-corrected chi connectivity index (χ3v) is 6.82. The van der Waals surface area contributed by atoms with Crippen LogP contribution in [0.25, 0.3) is 0 Å². The van der Waals surface area contributed by atoms with E-state index in [-0.39, 0.29) is 9.87 Å². The predicted octanol–water partition coefficient (Wildman–Crippen LogP) is 3.90. The van der Waals surface area contributed by atoms with Gasteiger partial charge in [0.25, 0.3) is 0 Å². The zero-order valence-corrected chi connectivity index (χ0v) is 13.1. The molecule has 18 heavy (non-hydrogen) atoms. The molecule has 3 rings (SSSR count). The molecular formula is C14H24O2S2. The summed E-state index contributed by atoms with van der Waals surface area (Å²) in [6.45, 7) is 6.23. The van der Waals surface area contributed by atoms with E-state index in [1.807, 2.05) is 23.5 Å². The highest BCUT2D eigenvalue weighted by Crippen LogP contribution is 2.50. The van der Waals surface area contributed by atoms with E-state index in [2.05, 4.69) is 13.8 Å². The molecule has 1 aliphatic carbocycles. The molecule has 0 aromatic carbocycles. The molecule has 2 saturated heterocycles. The Balaban J connectivity index is 1.55. The first-order chi connectivity index (χ1) is 8.54. The zero-order chi connectivity index (χ0) is 12.7. The first-order valence-corrected chi connectivity index (χ1v) is 9.06. The van der Waals surface area contributed by atoms with E-state index >= 15 is 0 Å². The van der Waals surface area contributed by atoms with Gasteiger partial charge in [-0.2, -0.15) is 0 Å². The van der Waals surface area contributed by atoms with Gasteiger partial charge in [0.1, 0.15) is 9.87 Å². The van der Waals surface area contributed by atoms with Gasteiger partial charge in [-0.3, -0.25) is 0 Å². The van der Waals surface area contributed by atoms with Crippen molar-refractivity contribution in [3.8, 4) is 0 Å². The van der Waals surface area contributed by atoms with Gasteiger partial charge in [-0.15, -0.1) is 23.5 Å². The van der Waals surface area contributed by atoms with Gasteiger partial charge in [-0.1, -0.05) is 19.3 Å². The van der Waals surface area contributed by atoms with E-state index in [0.29, 0.717) is 5.41 Å². The molecule has 104 valence electrons. The molecule has 0 radical (unpaired) electrons. The molecule has 0 spiro atoms. The lowest BCUT2D eigenvalue weighted by atomic mass is 9.75. The van der Waals surface area contributed by atoms with Crippen LogP contribution in [-0.2, 0) is 9.47 Å². The van der Waals surface area contributed by atoms with Crippen LogP contribution in [-0.4, -0.2) is 34.6 Å². The summed E-state index contributed by atoms with van der Waals surface area (Å²) in [5, 5.41) is 0. The normalized spacial score (nSPS) is 41.7. The highest BCUT2D eigenvalue weighted by Gasteiger charge is 2.46. The van der Waals surface area contributed by atoms with Crippen LogP contribution in [0.15, 0.2) is 0 Å². The van der Waals surface area contributed by atoms with Crippen LogP contribution < -0.4 is 0 Å². The number of ether oxygens (including phenoxy) is 2. The molecule has 2 heterocycles. The van der Waals surface area contributed by atoms with Crippen LogP contribution in [0, 0.1) is 5.41 Å². The van der Waals surface area contributed by atoms with E-state index in [4.69, 9.17) is 9.47 Å². The van der Waals surface area contributed by atoms with Crippen molar-refractivity contribution >= 4 is 23.5 Å². The van der Waals surface area contributed by atoms with E-state index < -0.39 is 0 Å². The van der Waals surface area contributed by atoms with Crippen molar-refractivity contribution in [1.82, 2.24) is 0 Å². The standard InChI is InChI=1S/C14H24O2S2/c1-12(10-17-12)15-8-14(6-4-3-5-7-14)9-16-13(2)11-18-13/h3-11H2,1-2H3. The molecule has 3 aliphatic rings. The molecule has 1 saturated carbocycles. The van der Waals surface area contributed by atoms with Gasteiger partial charge in [0, 0.05) is 16.9 Å². The zero-order valence-electron chi connectivity index (χ0n) is 11.5. The molecule has 0 amide bonds. The first-order valence-electron chi connectivity index (χ1n) is 7.09. The summed E-state index contributed by atoms with van der Waals surface area (Å²) in [5.41, 5.74) is 0.302. The van der Waals surface area contributed by atoms with Crippen molar-refractivity contribution in [1.29, 1.82) is 0 Å². The van der Waals surface area contributed by atoms with Gasteiger partial charge in [-0.05, 0) is 26.7 Å². The Morgan fingerprint density at radius 1 is 0.833 bits per heavy atom. The summed E-state index contributed by atoms with van der Waals surface area (Å²) in [6.07, 6.45) is 6.66. The monoisotopic (exact) mass is 288 g/mol. The molecule has 2 unspecified atom stereocenters. The molecule has 2 nitrogen and oxygen atoms in total. The summed E-state index contributed by atoms with van der Waals surface area (Å²) in [6, 6.07) is 0. The second-order valence-corrected chi connectivity index (χ2v) is 9.36. The minimum absolute atomic E-state index is 0.128. The van der Waals surface area contributed by atoms with Crippen LogP contribution in [0.1, 0.15) is 46.0 Å². The van der Waals surface area contributed by atoms with Crippen LogP contribution in [0.2, 0.25) is 0 Å². The highest BCUT2D eigenvalue weighted by atomic mass is 32.2. The molecule has 2 atom stereocenters. The number of rotatable bonds is 6. The predicted molar refractivity (Wildman–Crippen MR) is 79.1 cm³/mol. The largest absolute Gasteiger partial charge is 0.363 e. The second-order valence-electron chi connectivity index (χ2n) is 6.48. The fourth-order valence-corrected chi connectivity index (χ4v) is 3.47. The van der Waals surface area contributed by atoms with Crippen LogP contribution in [0.5, 0.6) is 0 Å². The molecule has 0 aromatic rings. The fraction of sp³-hybridized carbons (Fsp3) is 1.00. The van der Waals surface area contributed by atoms with Crippen molar-refractivity contribution in [3.63, 3.8) is 0 Å². The van der Waals surface area contributed by atoms with Gasteiger partial charge in [0.2, 0.25) is 0 Å². The molecule has 2 aliphatic heterocycles. The topological polar surface area (TPSA) is 18.5 Å². The van der Waals surface area contributed by atoms with Gasteiger partial charge < -0.3 is 9.47 Å². The third-order valence-electron chi connectivity index (χ3n) is 4.38. The Hall–Kier alpha value is 0.620. The van der Waals surface area contributed by atoms with Crippen LogP contribution in [0.4, 0.5) is 0 Å². The Labute approximate surface area is 119 Å². The molecule has 0 bridgehead atoms. The van der Waals surface area contributed by atoms with Crippen LogP contribution in [0.3, 0.4) is 0 Å². The van der Waals surface area contributed by atoms with Crippen molar-refractivity contribution in [2.75, 3.05) is 24.7 Å². The van der Waals surface area contributed by atoms with Crippen molar-refractivity contribution in [3.05, 3.63) is 0 Å². The van der Waals surface area contributed by atoms with E-state index in [9.17, 15) is 0 Å². The lowest BCUT2D eigenvalue weighted by molar-refractivity contribution is -0.0737. The van der Waals surface area contributed by atoms with Gasteiger partial charge in [-0.25, -0.2) is 0 Å². The van der Waals surface area contributed by atoms with E-state index in [1.165, 1.54) is 32.1 Å². The van der Waals surface area contributed by atoms with Crippen molar-refractivity contribution in [2.24, 2.45) is 5.41 Å². The van der Waals surface area contributed by atoms with Crippen molar-refractivity contribution < 1.29 is 9.47 Å².